The third-order valence-electron chi connectivity index (χ3n) is 2.52. The third kappa shape index (κ3) is 2.74. The Hall–Kier alpha value is -1.52. The van der Waals surface area contributed by atoms with E-state index in [1.165, 1.54) is 12.1 Å². The highest BCUT2D eigenvalue weighted by atomic mass is 19.4. The van der Waals surface area contributed by atoms with Crippen LogP contribution in [0, 0.1) is 0 Å². The highest BCUT2D eigenvalue weighted by Gasteiger charge is 2.30. The highest BCUT2D eigenvalue weighted by Crippen LogP contribution is 2.30. The number of nitrogens with zero attached hydrogens (tertiary/aromatic N) is 1. The van der Waals surface area contributed by atoms with Crippen molar-refractivity contribution in [2.24, 2.45) is 5.16 Å². The monoisotopic (exact) mass is 231 g/mol. The molecule has 1 N–H and O–H groups in total. The topological polar surface area (TPSA) is 32.6 Å². The van der Waals surface area contributed by atoms with Crippen molar-refractivity contribution < 1.29 is 18.4 Å². The molecule has 1 aromatic carbocycles. The first-order valence-electron chi connectivity index (χ1n) is 4.72. The lowest BCUT2D eigenvalue weighted by Crippen LogP contribution is -2.07. The fourth-order valence-electron chi connectivity index (χ4n) is 1.29. The Kier molecular flexibility index (Phi) is 3.57. The van der Waals surface area contributed by atoms with Gasteiger partial charge >= 0.3 is 6.18 Å². The van der Waals surface area contributed by atoms with E-state index in [1.807, 2.05) is 0 Å². The van der Waals surface area contributed by atoms with Crippen molar-refractivity contribution in [2.45, 2.75) is 25.9 Å². The smallest absolute Gasteiger partial charge is 0.411 e. The van der Waals surface area contributed by atoms with Gasteiger partial charge in [-0.15, -0.1) is 0 Å². The van der Waals surface area contributed by atoms with Gasteiger partial charge in [0, 0.05) is 5.92 Å². The molecule has 0 saturated carbocycles. The molecular weight excluding hydrogens is 219 g/mol. The number of hydrogen-bond acceptors (Lipinski definition) is 2. The van der Waals surface area contributed by atoms with Gasteiger partial charge in [-0.1, -0.05) is 24.2 Å². The van der Waals surface area contributed by atoms with Crippen LogP contribution in [0.1, 0.15) is 30.9 Å². The van der Waals surface area contributed by atoms with Gasteiger partial charge in [-0.2, -0.15) is 13.2 Å². The average molecular weight is 231 g/mol. The largest absolute Gasteiger partial charge is 0.416 e. The zero-order chi connectivity index (χ0) is 12.3. The first kappa shape index (κ1) is 12.5. The summed E-state index contributed by atoms with van der Waals surface area (Å²) in [7, 11) is 0. The van der Waals surface area contributed by atoms with Gasteiger partial charge < -0.3 is 5.21 Å². The van der Waals surface area contributed by atoms with E-state index < -0.39 is 11.7 Å². The number of hydrogen-bond donors (Lipinski definition) is 1. The lowest BCUT2D eigenvalue weighted by Gasteiger charge is -2.12. The quantitative estimate of drug-likeness (QED) is 0.470. The third-order valence-corrected chi connectivity index (χ3v) is 2.52. The summed E-state index contributed by atoms with van der Waals surface area (Å²) in [5, 5.41) is 11.6. The maximum Gasteiger partial charge on any atom is 0.416 e. The van der Waals surface area contributed by atoms with Gasteiger partial charge in [-0.25, -0.2) is 0 Å². The summed E-state index contributed by atoms with van der Waals surface area (Å²) in [6.07, 6.45) is -4.32. The summed E-state index contributed by atoms with van der Waals surface area (Å²) in [5.74, 6) is -0.202. The number of halogens is 3. The molecule has 1 rings (SSSR count). The van der Waals surface area contributed by atoms with E-state index in [9.17, 15) is 13.2 Å². The van der Waals surface area contributed by atoms with Crippen LogP contribution in [0.4, 0.5) is 13.2 Å². The SMILES string of the molecule is CC(=NO)C(C)c1ccc(C(F)(F)F)cc1. The van der Waals surface area contributed by atoms with Crippen LogP contribution in [0.25, 0.3) is 0 Å². The zero-order valence-electron chi connectivity index (χ0n) is 8.92. The van der Waals surface area contributed by atoms with Gasteiger partial charge in [0.05, 0.1) is 11.3 Å². The van der Waals surface area contributed by atoms with E-state index in [-0.39, 0.29) is 5.92 Å². The van der Waals surface area contributed by atoms with E-state index in [0.29, 0.717) is 11.3 Å². The van der Waals surface area contributed by atoms with Crippen molar-refractivity contribution in [2.75, 3.05) is 0 Å². The first-order valence-corrected chi connectivity index (χ1v) is 4.72. The molecule has 0 aromatic heterocycles. The minimum absolute atomic E-state index is 0.202. The molecule has 16 heavy (non-hydrogen) atoms. The van der Waals surface area contributed by atoms with Gasteiger partial charge in [0.25, 0.3) is 0 Å². The second-order valence-corrected chi connectivity index (χ2v) is 3.58. The fourth-order valence-corrected chi connectivity index (χ4v) is 1.29. The zero-order valence-corrected chi connectivity index (χ0v) is 8.92. The Morgan fingerprint density at radius 1 is 1.25 bits per heavy atom. The molecular formula is C11H12F3NO. The van der Waals surface area contributed by atoms with E-state index in [2.05, 4.69) is 5.16 Å². The predicted molar refractivity (Wildman–Crippen MR) is 54.8 cm³/mol. The van der Waals surface area contributed by atoms with Crippen LogP contribution in [0.15, 0.2) is 29.4 Å². The van der Waals surface area contributed by atoms with E-state index in [0.717, 1.165) is 12.1 Å². The first-order chi connectivity index (χ1) is 7.36. The molecule has 2 nitrogen and oxygen atoms in total. The van der Waals surface area contributed by atoms with E-state index in [1.54, 1.807) is 13.8 Å². The van der Waals surface area contributed by atoms with Crippen LogP contribution in [-0.4, -0.2) is 10.9 Å². The normalized spacial score (nSPS) is 14.9. The van der Waals surface area contributed by atoms with Gasteiger partial charge in [-0.3, -0.25) is 0 Å². The Morgan fingerprint density at radius 3 is 2.12 bits per heavy atom. The van der Waals surface area contributed by atoms with Crippen LogP contribution in [-0.2, 0) is 6.18 Å². The number of rotatable bonds is 2. The Bertz CT molecular complexity index is 381. The van der Waals surface area contributed by atoms with Crippen molar-refractivity contribution in [3.05, 3.63) is 35.4 Å². The molecule has 1 unspecified atom stereocenters. The summed E-state index contributed by atoms with van der Waals surface area (Å²) in [6, 6.07) is 4.83. The Morgan fingerprint density at radius 2 is 1.75 bits per heavy atom. The highest BCUT2D eigenvalue weighted by molar-refractivity contribution is 5.87. The summed E-state index contributed by atoms with van der Waals surface area (Å²) >= 11 is 0. The van der Waals surface area contributed by atoms with Crippen molar-refractivity contribution in [1.82, 2.24) is 0 Å². The summed E-state index contributed by atoms with van der Waals surface area (Å²) in [5.41, 5.74) is 0.463. The molecule has 1 aromatic rings. The van der Waals surface area contributed by atoms with Crippen LogP contribution in [0.2, 0.25) is 0 Å². The summed E-state index contributed by atoms with van der Waals surface area (Å²) in [6.45, 7) is 3.37. The molecule has 0 heterocycles. The summed E-state index contributed by atoms with van der Waals surface area (Å²) < 4.78 is 36.8. The Balaban J connectivity index is 2.96. The van der Waals surface area contributed by atoms with Crippen molar-refractivity contribution >= 4 is 5.71 Å². The molecule has 0 saturated heterocycles. The Labute approximate surface area is 91.4 Å². The van der Waals surface area contributed by atoms with Crippen molar-refractivity contribution in [1.29, 1.82) is 0 Å². The maximum atomic E-state index is 12.3. The van der Waals surface area contributed by atoms with Crippen molar-refractivity contribution in [3.63, 3.8) is 0 Å². The number of alkyl halides is 3. The lowest BCUT2D eigenvalue weighted by molar-refractivity contribution is -0.137. The molecule has 0 spiro atoms. The molecule has 0 aliphatic carbocycles. The molecule has 0 amide bonds. The average Bonchev–Trinajstić information content (AvgIpc) is 2.26. The molecule has 88 valence electrons. The molecule has 0 fully saturated rings. The predicted octanol–water partition coefficient (Wildman–Crippen LogP) is 3.66. The summed E-state index contributed by atoms with van der Waals surface area (Å²) in [4.78, 5) is 0. The molecule has 0 aliphatic heterocycles. The molecule has 5 heteroatoms. The van der Waals surface area contributed by atoms with Gasteiger partial charge in [0.1, 0.15) is 0 Å². The van der Waals surface area contributed by atoms with Crippen LogP contribution in [0.3, 0.4) is 0 Å². The standard InChI is InChI=1S/C11H12F3NO/c1-7(8(2)15-16)9-3-5-10(6-4-9)11(12,13)14/h3-7,16H,1-2H3. The van der Waals surface area contributed by atoms with Crippen molar-refractivity contribution in [3.8, 4) is 0 Å². The van der Waals surface area contributed by atoms with E-state index in [4.69, 9.17) is 5.21 Å². The molecule has 0 bridgehead atoms. The minimum atomic E-state index is -4.32. The molecule has 0 aliphatic rings. The van der Waals surface area contributed by atoms with E-state index >= 15 is 0 Å². The number of benzene rings is 1. The number of oxime groups is 1. The van der Waals surface area contributed by atoms with Gasteiger partial charge in [-0.05, 0) is 24.6 Å². The lowest BCUT2D eigenvalue weighted by atomic mass is 9.96. The van der Waals surface area contributed by atoms with Crippen LogP contribution in [0.5, 0.6) is 0 Å². The fraction of sp³-hybridized carbons (Fsp3) is 0.364. The second-order valence-electron chi connectivity index (χ2n) is 3.58. The minimum Gasteiger partial charge on any atom is -0.411 e. The maximum absolute atomic E-state index is 12.3. The molecule has 0 radical (unpaired) electrons. The van der Waals surface area contributed by atoms with Crippen LogP contribution >= 0.6 is 0 Å². The second kappa shape index (κ2) is 4.55. The molecule has 1 atom stereocenters. The van der Waals surface area contributed by atoms with Crippen LogP contribution < -0.4 is 0 Å². The van der Waals surface area contributed by atoms with Gasteiger partial charge in [0.15, 0.2) is 0 Å². The van der Waals surface area contributed by atoms with Gasteiger partial charge in [0.2, 0.25) is 0 Å².